The van der Waals surface area contributed by atoms with E-state index in [9.17, 15) is 4.79 Å². The first-order chi connectivity index (χ1) is 11.3. The average Bonchev–Trinajstić information content (AvgIpc) is 3.06. The number of ether oxygens (including phenoxy) is 2. The van der Waals surface area contributed by atoms with Crippen molar-refractivity contribution in [3.63, 3.8) is 0 Å². The van der Waals surface area contributed by atoms with E-state index < -0.39 is 0 Å². The Morgan fingerprint density at radius 2 is 2.00 bits per heavy atom. The standard InChI is InChI=1S/C17H15N3O3/c18-8-13-3-1-2-4-14(13)19-10-17(21)20-9-12-5-6-15-16(7-12)23-11-22-15/h1-7,19H,9-11H2,(H,20,21). The highest BCUT2D eigenvalue weighted by atomic mass is 16.7. The molecule has 0 saturated carbocycles. The number of nitriles is 1. The van der Waals surface area contributed by atoms with Crippen LogP contribution in [0.4, 0.5) is 5.69 Å². The van der Waals surface area contributed by atoms with Crippen LogP contribution in [0.5, 0.6) is 11.5 Å². The van der Waals surface area contributed by atoms with Gasteiger partial charge in [-0.1, -0.05) is 18.2 Å². The molecule has 23 heavy (non-hydrogen) atoms. The number of nitrogens with one attached hydrogen (secondary N) is 2. The molecule has 6 nitrogen and oxygen atoms in total. The first kappa shape index (κ1) is 14.7. The number of hydrogen-bond donors (Lipinski definition) is 2. The first-order valence-corrected chi connectivity index (χ1v) is 7.14. The highest BCUT2D eigenvalue weighted by Gasteiger charge is 2.13. The van der Waals surface area contributed by atoms with E-state index in [2.05, 4.69) is 16.7 Å². The fourth-order valence-electron chi connectivity index (χ4n) is 2.22. The van der Waals surface area contributed by atoms with Crippen molar-refractivity contribution in [3.8, 4) is 17.6 Å². The number of anilines is 1. The number of nitrogens with zero attached hydrogens (tertiary/aromatic N) is 1. The van der Waals surface area contributed by atoms with Crippen molar-refractivity contribution in [2.75, 3.05) is 18.7 Å². The van der Waals surface area contributed by atoms with Gasteiger partial charge in [0.05, 0.1) is 17.8 Å². The fraction of sp³-hybridized carbons (Fsp3) is 0.176. The second kappa shape index (κ2) is 6.71. The SMILES string of the molecule is N#Cc1ccccc1NCC(=O)NCc1ccc2c(c1)OCO2. The minimum Gasteiger partial charge on any atom is -0.454 e. The van der Waals surface area contributed by atoms with Crippen LogP contribution in [0.1, 0.15) is 11.1 Å². The lowest BCUT2D eigenvalue weighted by atomic mass is 10.2. The van der Waals surface area contributed by atoms with Crippen LogP contribution in [0.2, 0.25) is 0 Å². The van der Waals surface area contributed by atoms with Crippen molar-refractivity contribution in [2.45, 2.75) is 6.54 Å². The highest BCUT2D eigenvalue weighted by Crippen LogP contribution is 2.32. The van der Waals surface area contributed by atoms with E-state index in [4.69, 9.17) is 14.7 Å². The van der Waals surface area contributed by atoms with Crippen molar-refractivity contribution >= 4 is 11.6 Å². The molecule has 2 aromatic carbocycles. The van der Waals surface area contributed by atoms with Gasteiger partial charge in [-0.15, -0.1) is 0 Å². The number of para-hydroxylation sites is 1. The molecule has 0 fully saturated rings. The summed E-state index contributed by atoms with van der Waals surface area (Å²) in [5.41, 5.74) is 2.09. The molecule has 2 aromatic rings. The van der Waals surface area contributed by atoms with E-state index in [-0.39, 0.29) is 19.2 Å². The third-order valence-electron chi connectivity index (χ3n) is 3.41. The van der Waals surface area contributed by atoms with Crippen LogP contribution in [0, 0.1) is 11.3 Å². The molecule has 116 valence electrons. The lowest BCUT2D eigenvalue weighted by Gasteiger charge is -2.09. The Bertz CT molecular complexity index is 768. The van der Waals surface area contributed by atoms with Crippen LogP contribution in [0.25, 0.3) is 0 Å². The fourth-order valence-corrected chi connectivity index (χ4v) is 2.22. The maximum Gasteiger partial charge on any atom is 0.239 e. The second-order valence-electron chi connectivity index (χ2n) is 4.98. The molecule has 0 atom stereocenters. The predicted octanol–water partition coefficient (Wildman–Crippen LogP) is 2.02. The van der Waals surface area contributed by atoms with Gasteiger partial charge in [0.2, 0.25) is 12.7 Å². The summed E-state index contributed by atoms with van der Waals surface area (Å²) in [5, 5.41) is 14.8. The Labute approximate surface area is 133 Å². The van der Waals surface area contributed by atoms with Gasteiger partial charge in [0, 0.05) is 6.54 Å². The van der Waals surface area contributed by atoms with Crippen molar-refractivity contribution in [3.05, 3.63) is 53.6 Å². The minimum atomic E-state index is -0.157. The maximum absolute atomic E-state index is 11.9. The number of carbonyl (C=O) groups excluding carboxylic acids is 1. The quantitative estimate of drug-likeness (QED) is 0.883. The van der Waals surface area contributed by atoms with Gasteiger partial charge < -0.3 is 20.1 Å². The molecule has 6 heteroatoms. The van der Waals surface area contributed by atoms with Crippen LogP contribution >= 0.6 is 0 Å². The van der Waals surface area contributed by atoms with Crippen LogP contribution in [0.15, 0.2) is 42.5 Å². The lowest BCUT2D eigenvalue weighted by molar-refractivity contribution is -0.119. The summed E-state index contributed by atoms with van der Waals surface area (Å²) in [4.78, 5) is 11.9. The average molecular weight is 309 g/mol. The second-order valence-corrected chi connectivity index (χ2v) is 4.98. The van der Waals surface area contributed by atoms with Crippen LogP contribution < -0.4 is 20.1 Å². The zero-order valence-electron chi connectivity index (χ0n) is 12.3. The zero-order chi connectivity index (χ0) is 16.1. The summed E-state index contributed by atoms with van der Waals surface area (Å²) in [7, 11) is 0. The van der Waals surface area contributed by atoms with E-state index in [1.165, 1.54) is 0 Å². The van der Waals surface area contributed by atoms with E-state index in [1.54, 1.807) is 18.2 Å². The minimum absolute atomic E-state index is 0.100. The predicted molar refractivity (Wildman–Crippen MR) is 84.1 cm³/mol. The smallest absolute Gasteiger partial charge is 0.239 e. The van der Waals surface area contributed by atoms with Gasteiger partial charge in [-0.05, 0) is 29.8 Å². The van der Waals surface area contributed by atoms with E-state index in [0.29, 0.717) is 23.5 Å². The lowest BCUT2D eigenvalue weighted by Crippen LogP contribution is -2.29. The van der Waals surface area contributed by atoms with Crippen molar-refractivity contribution in [2.24, 2.45) is 0 Å². The summed E-state index contributed by atoms with van der Waals surface area (Å²) in [6.07, 6.45) is 0. The molecule has 0 bridgehead atoms. The first-order valence-electron chi connectivity index (χ1n) is 7.14. The molecular weight excluding hydrogens is 294 g/mol. The number of fused-ring (bicyclic) bond motifs is 1. The third kappa shape index (κ3) is 3.52. The maximum atomic E-state index is 11.9. The molecule has 1 aliphatic heterocycles. The molecule has 3 rings (SSSR count). The number of benzene rings is 2. The molecule has 2 N–H and O–H groups in total. The molecular formula is C17H15N3O3. The number of rotatable bonds is 5. The molecule has 0 spiro atoms. The number of carbonyl (C=O) groups is 1. The number of hydrogen-bond acceptors (Lipinski definition) is 5. The van der Waals surface area contributed by atoms with Gasteiger partial charge in [-0.25, -0.2) is 0 Å². The van der Waals surface area contributed by atoms with Gasteiger partial charge in [0.25, 0.3) is 0 Å². The van der Waals surface area contributed by atoms with Gasteiger partial charge >= 0.3 is 0 Å². The Morgan fingerprint density at radius 1 is 1.17 bits per heavy atom. The summed E-state index contributed by atoms with van der Waals surface area (Å²) >= 11 is 0. The summed E-state index contributed by atoms with van der Waals surface area (Å²) in [6.45, 7) is 0.730. The summed E-state index contributed by atoms with van der Waals surface area (Å²) < 4.78 is 10.5. The van der Waals surface area contributed by atoms with Gasteiger partial charge in [0.1, 0.15) is 6.07 Å². The molecule has 1 amide bonds. The molecule has 0 aromatic heterocycles. The van der Waals surface area contributed by atoms with Crippen molar-refractivity contribution in [1.29, 1.82) is 5.26 Å². The third-order valence-corrected chi connectivity index (χ3v) is 3.41. The normalized spacial score (nSPS) is 11.6. The topological polar surface area (TPSA) is 83.4 Å². The molecule has 0 radical (unpaired) electrons. The van der Waals surface area contributed by atoms with E-state index >= 15 is 0 Å². The molecule has 0 saturated heterocycles. The Balaban J connectivity index is 1.51. The van der Waals surface area contributed by atoms with Gasteiger partial charge in [0.15, 0.2) is 11.5 Å². The molecule has 0 unspecified atom stereocenters. The Morgan fingerprint density at radius 3 is 2.87 bits per heavy atom. The largest absolute Gasteiger partial charge is 0.454 e. The molecule has 1 aliphatic rings. The van der Waals surface area contributed by atoms with Crippen molar-refractivity contribution < 1.29 is 14.3 Å². The Hall–Kier alpha value is -3.20. The zero-order valence-corrected chi connectivity index (χ0v) is 12.3. The highest BCUT2D eigenvalue weighted by molar-refractivity contribution is 5.81. The Kier molecular flexibility index (Phi) is 4.29. The molecule has 1 heterocycles. The summed E-state index contributed by atoms with van der Waals surface area (Å²) in [5.74, 6) is 1.25. The van der Waals surface area contributed by atoms with Gasteiger partial charge in [-0.2, -0.15) is 5.26 Å². The summed E-state index contributed by atoms with van der Waals surface area (Å²) in [6, 6.07) is 14.7. The van der Waals surface area contributed by atoms with Crippen LogP contribution in [-0.2, 0) is 11.3 Å². The van der Waals surface area contributed by atoms with Crippen LogP contribution in [0.3, 0.4) is 0 Å². The van der Waals surface area contributed by atoms with Gasteiger partial charge in [-0.3, -0.25) is 4.79 Å². The number of amides is 1. The van der Waals surface area contributed by atoms with Crippen LogP contribution in [-0.4, -0.2) is 19.2 Å². The monoisotopic (exact) mass is 309 g/mol. The van der Waals surface area contributed by atoms with E-state index in [1.807, 2.05) is 24.3 Å². The van der Waals surface area contributed by atoms with E-state index in [0.717, 1.165) is 11.3 Å². The van der Waals surface area contributed by atoms with Crippen molar-refractivity contribution in [1.82, 2.24) is 5.32 Å². The molecule has 0 aliphatic carbocycles.